The lowest BCUT2D eigenvalue weighted by molar-refractivity contribution is 0.0379. The first-order valence-corrected chi connectivity index (χ1v) is 6.88. The van der Waals surface area contributed by atoms with Crippen LogP contribution >= 0.6 is 9.03 Å². The minimum atomic E-state index is -0.0131. The predicted molar refractivity (Wildman–Crippen MR) is 68.5 cm³/mol. The van der Waals surface area contributed by atoms with E-state index in [4.69, 9.17) is 9.05 Å². The van der Waals surface area contributed by atoms with E-state index in [-0.39, 0.29) is 20.2 Å². The van der Waals surface area contributed by atoms with Gasteiger partial charge in [0.25, 0.3) is 0 Å². The molecule has 0 saturated carbocycles. The standard InChI is InChI=1S/C12H27O2P/c1-7-11(5,8-2)13-15-14-12(6,9-3)10-4/h15H,7-10H2,1-6H3. The molecule has 92 valence electrons. The highest BCUT2D eigenvalue weighted by Crippen LogP contribution is 2.35. The Morgan fingerprint density at radius 1 is 0.733 bits per heavy atom. The van der Waals surface area contributed by atoms with E-state index in [0.29, 0.717) is 0 Å². The van der Waals surface area contributed by atoms with Gasteiger partial charge in [0.15, 0.2) is 9.03 Å². The zero-order valence-corrected chi connectivity index (χ0v) is 12.1. The second-order valence-corrected chi connectivity index (χ2v) is 5.18. The summed E-state index contributed by atoms with van der Waals surface area (Å²) in [4.78, 5) is 0. The maximum atomic E-state index is 5.83. The van der Waals surface area contributed by atoms with E-state index in [2.05, 4.69) is 41.5 Å². The predicted octanol–water partition coefficient (Wildman–Crippen LogP) is 4.69. The van der Waals surface area contributed by atoms with Crippen LogP contribution in [-0.4, -0.2) is 11.2 Å². The molecule has 0 heterocycles. The molecule has 15 heavy (non-hydrogen) atoms. The average molecular weight is 234 g/mol. The summed E-state index contributed by atoms with van der Waals surface area (Å²) in [5, 5.41) is 0. The van der Waals surface area contributed by atoms with E-state index < -0.39 is 0 Å². The Kier molecular flexibility index (Phi) is 6.99. The molecule has 3 heteroatoms. The van der Waals surface area contributed by atoms with E-state index in [1.165, 1.54) is 0 Å². The van der Waals surface area contributed by atoms with Gasteiger partial charge in [-0.25, -0.2) is 0 Å². The average Bonchev–Trinajstić information content (AvgIpc) is 2.28. The van der Waals surface area contributed by atoms with Crippen LogP contribution in [0.15, 0.2) is 0 Å². The van der Waals surface area contributed by atoms with Crippen LogP contribution < -0.4 is 0 Å². The van der Waals surface area contributed by atoms with Crippen LogP contribution in [0.5, 0.6) is 0 Å². The molecule has 0 spiro atoms. The molecular formula is C12H27O2P. The maximum Gasteiger partial charge on any atom is 0.156 e. The van der Waals surface area contributed by atoms with Gasteiger partial charge in [0.05, 0.1) is 11.2 Å². The molecule has 0 radical (unpaired) electrons. The lowest BCUT2D eigenvalue weighted by Gasteiger charge is -2.31. The fraction of sp³-hybridized carbons (Fsp3) is 1.00. The summed E-state index contributed by atoms with van der Waals surface area (Å²) in [6.45, 7) is 12.9. The molecule has 0 aliphatic heterocycles. The third kappa shape index (κ3) is 5.29. The molecule has 0 amide bonds. The number of hydrogen-bond donors (Lipinski definition) is 0. The molecule has 0 bridgehead atoms. The molecule has 0 atom stereocenters. The highest BCUT2D eigenvalue weighted by atomic mass is 31.1. The van der Waals surface area contributed by atoms with Gasteiger partial charge in [-0.05, 0) is 39.5 Å². The molecule has 0 aliphatic carbocycles. The second kappa shape index (κ2) is 6.83. The van der Waals surface area contributed by atoms with Crippen molar-refractivity contribution in [3.8, 4) is 0 Å². The zero-order chi connectivity index (χ0) is 11.9. The Morgan fingerprint density at radius 2 is 1.00 bits per heavy atom. The van der Waals surface area contributed by atoms with Gasteiger partial charge in [-0.2, -0.15) is 0 Å². The Hall–Kier alpha value is 0.350. The van der Waals surface area contributed by atoms with Crippen molar-refractivity contribution in [1.29, 1.82) is 0 Å². The van der Waals surface area contributed by atoms with E-state index in [9.17, 15) is 0 Å². The molecule has 0 rings (SSSR count). The SMILES string of the molecule is CCC(C)(CC)OPOC(C)(CC)CC. The first kappa shape index (κ1) is 15.3. The quantitative estimate of drug-likeness (QED) is 0.567. The summed E-state index contributed by atoms with van der Waals surface area (Å²) in [5.41, 5.74) is -0.0261. The minimum absolute atomic E-state index is 0.0131. The highest BCUT2D eigenvalue weighted by molar-refractivity contribution is 7.26. The third-order valence-electron chi connectivity index (χ3n) is 3.57. The van der Waals surface area contributed by atoms with E-state index >= 15 is 0 Å². The van der Waals surface area contributed by atoms with Crippen molar-refractivity contribution in [2.75, 3.05) is 0 Å². The first-order valence-electron chi connectivity index (χ1n) is 6.06. The zero-order valence-electron chi connectivity index (χ0n) is 11.1. The lowest BCUT2D eigenvalue weighted by atomic mass is 10.0. The summed E-state index contributed by atoms with van der Waals surface area (Å²) in [6.07, 6.45) is 4.15. The Bertz CT molecular complexity index is 145. The van der Waals surface area contributed by atoms with Crippen molar-refractivity contribution in [2.45, 2.75) is 78.4 Å². The van der Waals surface area contributed by atoms with Gasteiger partial charge in [-0.15, -0.1) is 0 Å². The monoisotopic (exact) mass is 234 g/mol. The summed E-state index contributed by atoms with van der Waals surface area (Å²) >= 11 is 0. The Balaban J connectivity index is 3.96. The van der Waals surface area contributed by atoms with Gasteiger partial charge in [-0.1, -0.05) is 27.7 Å². The van der Waals surface area contributed by atoms with Gasteiger partial charge in [0, 0.05) is 0 Å². The summed E-state index contributed by atoms with van der Waals surface area (Å²) in [5.74, 6) is 0. The molecule has 0 aliphatic rings. The van der Waals surface area contributed by atoms with Crippen molar-refractivity contribution in [3.05, 3.63) is 0 Å². The highest BCUT2D eigenvalue weighted by Gasteiger charge is 2.24. The summed E-state index contributed by atoms with van der Waals surface area (Å²) in [7, 11) is 0.162. The number of hydrogen-bond acceptors (Lipinski definition) is 2. The van der Waals surface area contributed by atoms with Crippen molar-refractivity contribution in [1.82, 2.24) is 0 Å². The molecule has 0 aromatic rings. The fourth-order valence-corrected chi connectivity index (χ4v) is 2.03. The van der Waals surface area contributed by atoms with Crippen LogP contribution in [0.4, 0.5) is 0 Å². The largest absolute Gasteiger partial charge is 0.330 e. The summed E-state index contributed by atoms with van der Waals surface area (Å²) < 4.78 is 11.7. The molecule has 0 N–H and O–H groups in total. The van der Waals surface area contributed by atoms with Crippen molar-refractivity contribution in [2.24, 2.45) is 0 Å². The molecule has 0 fully saturated rings. The van der Waals surface area contributed by atoms with Gasteiger partial charge in [0.1, 0.15) is 0 Å². The maximum absolute atomic E-state index is 5.83. The lowest BCUT2D eigenvalue weighted by Crippen LogP contribution is -2.26. The van der Waals surface area contributed by atoms with Crippen molar-refractivity contribution < 1.29 is 9.05 Å². The van der Waals surface area contributed by atoms with Gasteiger partial charge >= 0.3 is 0 Å². The van der Waals surface area contributed by atoms with Crippen LogP contribution in [-0.2, 0) is 9.05 Å². The Morgan fingerprint density at radius 3 is 1.20 bits per heavy atom. The Labute approximate surface area is 97.1 Å². The molecule has 0 unspecified atom stereocenters. The van der Waals surface area contributed by atoms with Gasteiger partial charge < -0.3 is 9.05 Å². The van der Waals surface area contributed by atoms with Gasteiger partial charge in [0.2, 0.25) is 0 Å². The minimum Gasteiger partial charge on any atom is -0.330 e. The van der Waals surface area contributed by atoms with Crippen LogP contribution in [0.3, 0.4) is 0 Å². The van der Waals surface area contributed by atoms with Gasteiger partial charge in [-0.3, -0.25) is 0 Å². The van der Waals surface area contributed by atoms with Crippen molar-refractivity contribution in [3.63, 3.8) is 0 Å². The smallest absolute Gasteiger partial charge is 0.156 e. The topological polar surface area (TPSA) is 18.5 Å². The normalized spacial score (nSPS) is 13.2. The van der Waals surface area contributed by atoms with Crippen LogP contribution in [0.25, 0.3) is 0 Å². The van der Waals surface area contributed by atoms with Crippen LogP contribution in [0.1, 0.15) is 67.2 Å². The van der Waals surface area contributed by atoms with Crippen molar-refractivity contribution >= 4 is 9.03 Å². The van der Waals surface area contributed by atoms with E-state index in [1.54, 1.807) is 0 Å². The third-order valence-corrected chi connectivity index (χ3v) is 4.72. The van der Waals surface area contributed by atoms with Crippen LogP contribution in [0, 0.1) is 0 Å². The second-order valence-electron chi connectivity index (χ2n) is 4.60. The molecule has 0 aromatic heterocycles. The molecule has 0 aromatic carbocycles. The number of rotatable bonds is 8. The van der Waals surface area contributed by atoms with E-state index in [0.717, 1.165) is 25.7 Å². The molecular weight excluding hydrogens is 207 g/mol. The summed E-state index contributed by atoms with van der Waals surface area (Å²) in [6, 6.07) is 0. The first-order chi connectivity index (χ1) is 6.95. The fourth-order valence-electron chi connectivity index (χ4n) is 1.01. The molecule has 2 nitrogen and oxygen atoms in total. The van der Waals surface area contributed by atoms with E-state index in [1.807, 2.05) is 0 Å². The molecule has 0 saturated heterocycles. The van der Waals surface area contributed by atoms with Crippen LogP contribution in [0.2, 0.25) is 0 Å².